The van der Waals surface area contributed by atoms with Crippen LogP contribution in [0, 0.1) is 11.6 Å². The molecular weight excluding hydrogens is 322 g/mol. The van der Waals surface area contributed by atoms with Crippen molar-refractivity contribution in [3.05, 3.63) is 35.4 Å². The zero-order valence-electron chi connectivity index (χ0n) is 13.3. The number of amides is 1. The largest absolute Gasteiger partial charge is 0.468 e. The number of halogens is 2. The smallest absolute Gasteiger partial charge is 0.319 e. The summed E-state index contributed by atoms with van der Waals surface area (Å²) in [6, 6.07) is 3.43. The fraction of sp³-hybridized carbons (Fsp3) is 0.500. The number of methoxy groups -OCH3 is 1. The van der Waals surface area contributed by atoms with Crippen LogP contribution >= 0.6 is 0 Å². The third kappa shape index (κ3) is 4.27. The predicted molar refractivity (Wildman–Crippen MR) is 80.8 cm³/mol. The number of hydrogen-bond acceptors (Lipinski definition) is 5. The molecule has 1 heterocycles. The van der Waals surface area contributed by atoms with Crippen molar-refractivity contribution in [2.75, 3.05) is 26.7 Å². The van der Waals surface area contributed by atoms with E-state index in [1.54, 1.807) is 0 Å². The van der Waals surface area contributed by atoms with Crippen molar-refractivity contribution in [2.24, 2.45) is 0 Å². The molecule has 1 aromatic carbocycles. The number of nitrogens with one attached hydrogen (secondary N) is 1. The summed E-state index contributed by atoms with van der Waals surface area (Å²) in [7, 11) is 1.24. The van der Waals surface area contributed by atoms with Crippen LogP contribution in [-0.2, 0) is 20.9 Å². The van der Waals surface area contributed by atoms with Gasteiger partial charge in [0.1, 0.15) is 0 Å². The maximum absolute atomic E-state index is 13.3. The van der Waals surface area contributed by atoms with Crippen LogP contribution in [0.2, 0.25) is 0 Å². The Kier molecular flexibility index (Phi) is 5.84. The van der Waals surface area contributed by atoms with E-state index in [9.17, 15) is 23.5 Å². The lowest BCUT2D eigenvalue weighted by atomic mass is 9.91. The number of piperidine rings is 1. The van der Waals surface area contributed by atoms with Crippen LogP contribution in [0.15, 0.2) is 18.2 Å². The van der Waals surface area contributed by atoms with Gasteiger partial charge in [0, 0.05) is 19.6 Å². The van der Waals surface area contributed by atoms with Crippen molar-refractivity contribution in [3.8, 4) is 0 Å². The summed E-state index contributed by atoms with van der Waals surface area (Å²) >= 11 is 0. The highest BCUT2D eigenvalue weighted by atomic mass is 19.2. The predicted octanol–water partition coefficient (Wildman–Crippen LogP) is 0.581. The van der Waals surface area contributed by atoms with E-state index in [1.807, 2.05) is 0 Å². The minimum Gasteiger partial charge on any atom is -0.468 e. The summed E-state index contributed by atoms with van der Waals surface area (Å²) in [5, 5.41) is 13.2. The van der Waals surface area contributed by atoms with Gasteiger partial charge in [0.15, 0.2) is 17.2 Å². The van der Waals surface area contributed by atoms with E-state index < -0.39 is 29.1 Å². The van der Waals surface area contributed by atoms with Gasteiger partial charge in [-0.2, -0.15) is 0 Å². The van der Waals surface area contributed by atoms with E-state index in [0.717, 1.165) is 12.1 Å². The number of esters is 1. The van der Waals surface area contributed by atoms with Gasteiger partial charge in [0.05, 0.1) is 13.7 Å². The van der Waals surface area contributed by atoms with Crippen LogP contribution in [0.3, 0.4) is 0 Å². The maximum Gasteiger partial charge on any atom is 0.319 e. The number of carbonyl (C=O) groups excluding carboxylic acids is 2. The quantitative estimate of drug-likeness (QED) is 0.740. The Morgan fingerprint density at radius 2 is 2.17 bits per heavy atom. The number of ether oxygens (including phenoxy) is 1. The lowest BCUT2D eigenvalue weighted by Crippen LogP contribution is -2.58. The summed E-state index contributed by atoms with van der Waals surface area (Å²) < 4.78 is 30.7. The molecule has 1 fully saturated rings. The molecule has 8 heteroatoms. The van der Waals surface area contributed by atoms with Gasteiger partial charge in [-0.15, -0.1) is 0 Å². The highest BCUT2D eigenvalue weighted by molar-refractivity contribution is 5.86. The lowest BCUT2D eigenvalue weighted by molar-refractivity contribution is -0.157. The first-order valence-corrected chi connectivity index (χ1v) is 7.59. The van der Waals surface area contributed by atoms with E-state index in [4.69, 9.17) is 0 Å². The Hall–Kier alpha value is -2.06. The van der Waals surface area contributed by atoms with Crippen LogP contribution in [0.1, 0.15) is 18.4 Å². The second kappa shape index (κ2) is 7.67. The fourth-order valence-electron chi connectivity index (χ4n) is 2.68. The molecule has 0 aromatic heterocycles. The standard InChI is InChI=1S/C16H20F2N2O4/c1-24-14(21)8-19-10-16(23)5-2-6-20(15(16)22)9-11-3-4-12(17)13(18)7-11/h3-4,7,19,23H,2,5-6,8-10H2,1H3/t16-/m1/s1. The zero-order valence-corrected chi connectivity index (χ0v) is 13.3. The molecule has 1 atom stereocenters. The van der Waals surface area contributed by atoms with Gasteiger partial charge in [-0.1, -0.05) is 6.07 Å². The molecule has 24 heavy (non-hydrogen) atoms. The molecule has 6 nitrogen and oxygen atoms in total. The number of carbonyl (C=O) groups is 2. The Morgan fingerprint density at radius 1 is 1.42 bits per heavy atom. The van der Waals surface area contributed by atoms with E-state index in [1.165, 1.54) is 18.1 Å². The van der Waals surface area contributed by atoms with E-state index in [0.29, 0.717) is 18.5 Å². The van der Waals surface area contributed by atoms with Gasteiger partial charge in [-0.25, -0.2) is 8.78 Å². The molecule has 0 unspecified atom stereocenters. The highest BCUT2D eigenvalue weighted by Gasteiger charge is 2.41. The number of hydrogen-bond donors (Lipinski definition) is 2. The van der Waals surface area contributed by atoms with Crippen molar-refractivity contribution in [3.63, 3.8) is 0 Å². The molecule has 1 aromatic rings. The van der Waals surface area contributed by atoms with Crippen LogP contribution in [0.25, 0.3) is 0 Å². The van der Waals surface area contributed by atoms with E-state index >= 15 is 0 Å². The minimum absolute atomic E-state index is 0.0787. The van der Waals surface area contributed by atoms with Gasteiger partial charge in [-0.05, 0) is 30.5 Å². The molecule has 0 radical (unpaired) electrons. The van der Waals surface area contributed by atoms with Gasteiger partial charge in [-0.3, -0.25) is 9.59 Å². The summed E-state index contributed by atoms with van der Waals surface area (Å²) in [6.45, 7) is 0.289. The summed E-state index contributed by atoms with van der Waals surface area (Å²) in [5.74, 6) is -2.93. The van der Waals surface area contributed by atoms with Crippen molar-refractivity contribution in [1.82, 2.24) is 10.2 Å². The third-order valence-electron chi connectivity index (χ3n) is 3.98. The average Bonchev–Trinajstić information content (AvgIpc) is 2.55. The molecule has 0 spiro atoms. The van der Waals surface area contributed by atoms with Gasteiger partial charge >= 0.3 is 5.97 Å². The number of likely N-dealkylation sites (tertiary alicyclic amines) is 1. The fourth-order valence-corrected chi connectivity index (χ4v) is 2.68. The molecule has 2 rings (SSSR count). The van der Waals surface area contributed by atoms with Crippen LogP contribution < -0.4 is 5.32 Å². The first-order valence-electron chi connectivity index (χ1n) is 7.59. The number of benzene rings is 1. The van der Waals surface area contributed by atoms with Gasteiger partial charge in [0.2, 0.25) is 0 Å². The Balaban J connectivity index is 2.00. The van der Waals surface area contributed by atoms with E-state index in [2.05, 4.69) is 10.1 Å². The Bertz CT molecular complexity index is 626. The second-order valence-corrected chi connectivity index (χ2v) is 5.79. The van der Waals surface area contributed by atoms with Crippen molar-refractivity contribution in [2.45, 2.75) is 25.0 Å². The first-order chi connectivity index (χ1) is 11.4. The minimum atomic E-state index is -1.63. The second-order valence-electron chi connectivity index (χ2n) is 5.79. The van der Waals surface area contributed by atoms with Crippen molar-refractivity contribution >= 4 is 11.9 Å². The van der Waals surface area contributed by atoms with Gasteiger partial charge < -0.3 is 20.1 Å². The highest BCUT2D eigenvalue weighted by Crippen LogP contribution is 2.24. The maximum atomic E-state index is 13.3. The van der Waals surface area contributed by atoms with Crippen molar-refractivity contribution < 1.29 is 28.2 Å². The zero-order chi connectivity index (χ0) is 17.7. The summed E-state index contributed by atoms with van der Waals surface area (Å²) in [5.41, 5.74) is -1.20. The SMILES string of the molecule is COC(=O)CNC[C@]1(O)CCCN(Cc2ccc(F)c(F)c2)C1=O. The van der Waals surface area contributed by atoms with Crippen molar-refractivity contribution in [1.29, 1.82) is 0 Å². The van der Waals surface area contributed by atoms with Crippen LogP contribution in [0.5, 0.6) is 0 Å². The monoisotopic (exact) mass is 342 g/mol. The molecule has 1 saturated heterocycles. The Morgan fingerprint density at radius 3 is 2.83 bits per heavy atom. The average molecular weight is 342 g/mol. The molecule has 2 N–H and O–H groups in total. The topological polar surface area (TPSA) is 78.9 Å². The normalized spacial score (nSPS) is 21.0. The van der Waals surface area contributed by atoms with Gasteiger partial charge in [0.25, 0.3) is 5.91 Å². The van der Waals surface area contributed by atoms with E-state index in [-0.39, 0.29) is 26.1 Å². The van der Waals surface area contributed by atoms with Crippen LogP contribution in [0.4, 0.5) is 8.78 Å². The number of nitrogens with zero attached hydrogens (tertiary/aromatic N) is 1. The third-order valence-corrected chi connectivity index (χ3v) is 3.98. The Labute approximate surface area is 138 Å². The molecule has 132 valence electrons. The molecule has 1 aliphatic rings. The molecule has 0 bridgehead atoms. The molecule has 0 aliphatic carbocycles. The molecule has 1 amide bonds. The first kappa shape index (κ1) is 18.3. The number of rotatable bonds is 6. The van der Waals surface area contributed by atoms with Crippen LogP contribution in [-0.4, -0.2) is 54.2 Å². The molecular formula is C16H20F2N2O4. The number of aliphatic hydroxyl groups is 1. The lowest BCUT2D eigenvalue weighted by Gasteiger charge is -2.38. The summed E-state index contributed by atoms with van der Waals surface area (Å²) in [4.78, 5) is 25.0. The molecule has 0 saturated carbocycles. The summed E-state index contributed by atoms with van der Waals surface area (Å²) in [6.07, 6.45) is 0.820. The molecule has 1 aliphatic heterocycles.